The van der Waals surface area contributed by atoms with Crippen LogP contribution in [0.2, 0.25) is 0 Å². The van der Waals surface area contributed by atoms with Gasteiger partial charge in [-0.05, 0) is 30.0 Å². The van der Waals surface area contributed by atoms with Crippen LogP contribution in [0, 0.1) is 5.92 Å². The molecule has 0 saturated carbocycles. The molecule has 2 aliphatic rings. The molecule has 2 heterocycles. The van der Waals surface area contributed by atoms with E-state index in [9.17, 15) is 0 Å². The highest BCUT2D eigenvalue weighted by Gasteiger charge is 2.27. The largest absolute Gasteiger partial charge is 0.493 e. The highest BCUT2D eigenvalue weighted by molar-refractivity contribution is 5.55. The van der Waals surface area contributed by atoms with Crippen molar-refractivity contribution in [3.63, 3.8) is 0 Å². The summed E-state index contributed by atoms with van der Waals surface area (Å²) in [5, 5.41) is 3.43. The maximum absolute atomic E-state index is 5.59. The topological polar surface area (TPSA) is 43.0 Å². The van der Waals surface area contributed by atoms with Crippen LogP contribution in [-0.4, -0.2) is 45.0 Å². The number of ether oxygens (including phenoxy) is 3. The maximum Gasteiger partial charge on any atom is 0.231 e. The van der Waals surface area contributed by atoms with E-state index in [4.69, 9.17) is 14.2 Å². The molecule has 5 heteroatoms. The summed E-state index contributed by atoms with van der Waals surface area (Å²) >= 11 is 0. The Morgan fingerprint density at radius 2 is 2.00 bits per heavy atom. The molecule has 1 fully saturated rings. The first-order valence-electron chi connectivity index (χ1n) is 8.11. The number of piperazine rings is 1. The molecule has 0 aromatic heterocycles. The monoisotopic (exact) mass is 306 g/mol. The zero-order chi connectivity index (χ0) is 15.5. The smallest absolute Gasteiger partial charge is 0.231 e. The number of benzene rings is 1. The molecule has 0 radical (unpaired) electrons. The van der Waals surface area contributed by atoms with Gasteiger partial charge in [-0.25, -0.2) is 0 Å². The molecule has 1 aromatic rings. The van der Waals surface area contributed by atoms with Gasteiger partial charge in [0.05, 0.1) is 7.11 Å². The van der Waals surface area contributed by atoms with E-state index in [1.807, 2.05) is 0 Å². The Labute approximate surface area is 132 Å². The molecule has 1 saturated heterocycles. The summed E-state index contributed by atoms with van der Waals surface area (Å²) in [6.07, 6.45) is 1.13. The second-order valence-corrected chi connectivity index (χ2v) is 6.39. The molecule has 0 bridgehead atoms. The lowest BCUT2D eigenvalue weighted by Gasteiger charge is -2.36. The van der Waals surface area contributed by atoms with Crippen LogP contribution < -0.4 is 19.5 Å². The quantitative estimate of drug-likeness (QED) is 0.905. The number of methoxy groups -OCH3 is 1. The number of hydrogen-bond acceptors (Lipinski definition) is 5. The van der Waals surface area contributed by atoms with Crippen molar-refractivity contribution in [3.8, 4) is 17.2 Å². The van der Waals surface area contributed by atoms with Crippen LogP contribution in [0.5, 0.6) is 17.2 Å². The van der Waals surface area contributed by atoms with Crippen LogP contribution in [0.25, 0.3) is 0 Å². The van der Waals surface area contributed by atoms with Gasteiger partial charge in [-0.1, -0.05) is 13.8 Å². The average molecular weight is 306 g/mol. The Kier molecular flexibility index (Phi) is 4.74. The van der Waals surface area contributed by atoms with Crippen LogP contribution in [-0.2, 0) is 0 Å². The van der Waals surface area contributed by atoms with E-state index in [2.05, 4.69) is 36.2 Å². The predicted octanol–water partition coefficient (Wildman–Crippen LogP) is 2.42. The first-order chi connectivity index (χ1) is 10.7. The fraction of sp³-hybridized carbons (Fsp3) is 0.647. The molecule has 122 valence electrons. The Balaban J connectivity index is 1.92. The van der Waals surface area contributed by atoms with Gasteiger partial charge >= 0.3 is 0 Å². The summed E-state index contributed by atoms with van der Waals surface area (Å²) in [5.41, 5.74) is 1.26. The molecular formula is C17H26N2O3. The first kappa shape index (κ1) is 15.4. The summed E-state index contributed by atoms with van der Waals surface area (Å²) < 4.78 is 16.6. The molecule has 0 amide bonds. The maximum atomic E-state index is 5.59. The predicted molar refractivity (Wildman–Crippen MR) is 85.8 cm³/mol. The Morgan fingerprint density at radius 3 is 2.68 bits per heavy atom. The second kappa shape index (κ2) is 6.75. The number of hydrogen-bond donors (Lipinski definition) is 1. The van der Waals surface area contributed by atoms with Crippen LogP contribution in [0.4, 0.5) is 0 Å². The highest BCUT2D eigenvalue weighted by Crippen LogP contribution is 2.44. The van der Waals surface area contributed by atoms with Crippen LogP contribution >= 0.6 is 0 Å². The summed E-state index contributed by atoms with van der Waals surface area (Å²) in [6.45, 7) is 9.09. The number of nitrogens with zero attached hydrogens (tertiary/aromatic N) is 1. The minimum atomic E-state index is 0.275. The van der Waals surface area contributed by atoms with E-state index in [0.29, 0.717) is 12.0 Å². The third kappa shape index (κ3) is 3.15. The second-order valence-electron chi connectivity index (χ2n) is 6.39. The minimum Gasteiger partial charge on any atom is -0.493 e. The molecule has 1 aromatic carbocycles. The molecule has 0 unspecified atom stereocenters. The van der Waals surface area contributed by atoms with E-state index < -0.39 is 0 Å². The summed E-state index contributed by atoms with van der Waals surface area (Å²) in [4.78, 5) is 2.56. The molecule has 1 atom stereocenters. The van der Waals surface area contributed by atoms with Crippen molar-refractivity contribution in [3.05, 3.63) is 17.7 Å². The normalized spacial score (nSPS) is 19.5. The van der Waals surface area contributed by atoms with Crippen molar-refractivity contribution >= 4 is 0 Å². The Hall–Kier alpha value is -1.46. The van der Waals surface area contributed by atoms with Gasteiger partial charge in [0, 0.05) is 32.2 Å². The molecule has 2 aliphatic heterocycles. The third-order valence-electron chi connectivity index (χ3n) is 4.35. The van der Waals surface area contributed by atoms with E-state index >= 15 is 0 Å². The lowest BCUT2D eigenvalue weighted by Crippen LogP contribution is -2.45. The van der Waals surface area contributed by atoms with Gasteiger partial charge in [-0.15, -0.1) is 0 Å². The van der Waals surface area contributed by atoms with Crippen molar-refractivity contribution in [2.75, 3.05) is 40.1 Å². The summed E-state index contributed by atoms with van der Waals surface area (Å²) in [6, 6.07) is 4.63. The van der Waals surface area contributed by atoms with Gasteiger partial charge in [0.1, 0.15) is 0 Å². The van der Waals surface area contributed by atoms with E-state index in [0.717, 1.165) is 49.8 Å². The van der Waals surface area contributed by atoms with Crippen LogP contribution in [0.3, 0.4) is 0 Å². The standard InChI is InChI=1S/C17H26N2O3/c1-12(2)8-14(19-6-4-18-5-7-19)13-9-15(20-3)17-16(10-13)21-11-22-17/h9-10,12,14,18H,4-8,11H2,1-3H3/t14-/m0/s1. The van der Waals surface area contributed by atoms with Gasteiger partial charge in [-0.2, -0.15) is 0 Å². The van der Waals surface area contributed by atoms with Crippen molar-refractivity contribution in [2.45, 2.75) is 26.3 Å². The van der Waals surface area contributed by atoms with Gasteiger partial charge in [0.15, 0.2) is 11.5 Å². The molecular weight excluding hydrogens is 280 g/mol. The first-order valence-corrected chi connectivity index (χ1v) is 8.11. The van der Waals surface area contributed by atoms with Gasteiger partial charge in [0.2, 0.25) is 12.5 Å². The zero-order valence-corrected chi connectivity index (χ0v) is 13.7. The average Bonchev–Trinajstić information content (AvgIpc) is 3.00. The van der Waals surface area contributed by atoms with Crippen molar-refractivity contribution in [1.29, 1.82) is 0 Å². The summed E-state index contributed by atoms with van der Waals surface area (Å²) in [5.74, 6) is 2.94. The van der Waals surface area contributed by atoms with Gasteiger partial charge < -0.3 is 19.5 Å². The third-order valence-corrected chi connectivity index (χ3v) is 4.35. The molecule has 1 N–H and O–H groups in total. The molecule has 0 aliphatic carbocycles. The van der Waals surface area contributed by atoms with Crippen molar-refractivity contribution < 1.29 is 14.2 Å². The molecule has 3 rings (SSSR count). The molecule has 22 heavy (non-hydrogen) atoms. The van der Waals surface area contributed by atoms with Gasteiger partial charge in [0.25, 0.3) is 0 Å². The lowest BCUT2D eigenvalue weighted by molar-refractivity contribution is 0.153. The summed E-state index contributed by atoms with van der Waals surface area (Å²) in [7, 11) is 1.68. The van der Waals surface area contributed by atoms with Crippen molar-refractivity contribution in [1.82, 2.24) is 10.2 Å². The molecule has 0 spiro atoms. The lowest BCUT2D eigenvalue weighted by atomic mass is 9.94. The Morgan fingerprint density at radius 1 is 1.23 bits per heavy atom. The highest BCUT2D eigenvalue weighted by atomic mass is 16.7. The van der Waals surface area contributed by atoms with E-state index in [-0.39, 0.29) is 6.79 Å². The molecule has 5 nitrogen and oxygen atoms in total. The van der Waals surface area contributed by atoms with Crippen LogP contribution in [0.15, 0.2) is 12.1 Å². The number of nitrogens with one attached hydrogen (secondary N) is 1. The number of rotatable bonds is 5. The van der Waals surface area contributed by atoms with Gasteiger partial charge in [-0.3, -0.25) is 4.90 Å². The zero-order valence-electron chi connectivity index (χ0n) is 13.7. The fourth-order valence-electron chi connectivity index (χ4n) is 3.28. The van der Waals surface area contributed by atoms with Crippen molar-refractivity contribution in [2.24, 2.45) is 5.92 Å². The number of fused-ring (bicyclic) bond motifs is 1. The Bertz CT molecular complexity index is 513. The fourth-order valence-corrected chi connectivity index (χ4v) is 3.28. The SMILES string of the molecule is COc1cc([C@H](CC(C)C)N2CCNCC2)cc2c1OCO2. The van der Waals surface area contributed by atoms with E-state index in [1.165, 1.54) is 5.56 Å². The van der Waals surface area contributed by atoms with E-state index in [1.54, 1.807) is 7.11 Å². The van der Waals surface area contributed by atoms with Crippen LogP contribution in [0.1, 0.15) is 31.9 Å². The minimum absolute atomic E-state index is 0.275.